The van der Waals surface area contributed by atoms with Crippen LogP contribution in [0.15, 0.2) is 30.5 Å². The fraction of sp³-hybridized carbons (Fsp3) is 0.429. The lowest BCUT2D eigenvalue weighted by Gasteiger charge is -2.23. The number of carboxylic acids is 1. The highest BCUT2D eigenvalue weighted by Crippen LogP contribution is 2.19. The first-order valence-corrected chi connectivity index (χ1v) is 10.0. The van der Waals surface area contributed by atoms with Crippen LogP contribution in [0.25, 0.3) is 10.9 Å². The van der Waals surface area contributed by atoms with Crippen LogP contribution in [0.3, 0.4) is 0 Å². The highest BCUT2D eigenvalue weighted by molar-refractivity contribution is 5.94. The van der Waals surface area contributed by atoms with Gasteiger partial charge >= 0.3 is 5.97 Å². The monoisotopic (exact) mass is 431 g/mol. The summed E-state index contributed by atoms with van der Waals surface area (Å²) in [7, 11) is 0. The number of carboxylic acid groups (broad SMARTS) is 1. The molecule has 31 heavy (non-hydrogen) atoms. The van der Waals surface area contributed by atoms with Gasteiger partial charge in [-0.1, -0.05) is 32.0 Å². The highest BCUT2D eigenvalue weighted by Gasteiger charge is 2.28. The second-order valence-corrected chi connectivity index (χ2v) is 7.74. The van der Waals surface area contributed by atoms with Gasteiger partial charge in [-0.2, -0.15) is 0 Å². The number of hydrogen-bond acceptors (Lipinski definition) is 5. The molecule has 10 nitrogen and oxygen atoms in total. The third-order valence-corrected chi connectivity index (χ3v) is 4.92. The molecule has 0 bridgehead atoms. The quantitative estimate of drug-likeness (QED) is 0.307. The Morgan fingerprint density at radius 3 is 2.35 bits per heavy atom. The summed E-state index contributed by atoms with van der Waals surface area (Å²) in [5.74, 6) is -3.02. The van der Waals surface area contributed by atoms with Gasteiger partial charge in [-0.05, 0) is 24.5 Å². The molecule has 1 aromatic heterocycles. The number of aromatic amines is 1. The number of benzene rings is 1. The van der Waals surface area contributed by atoms with Crippen LogP contribution in [0.2, 0.25) is 0 Å². The van der Waals surface area contributed by atoms with Crippen LogP contribution in [-0.4, -0.2) is 58.5 Å². The first-order valence-electron chi connectivity index (χ1n) is 10.0. The number of nitrogens with one attached hydrogen (secondary N) is 4. The zero-order valence-corrected chi connectivity index (χ0v) is 17.8. The maximum absolute atomic E-state index is 12.9. The number of aliphatic carboxylic acids is 1. The molecule has 3 unspecified atom stereocenters. The van der Waals surface area contributed by atoms with Gasteiger partial charge in [0.25, 0.3) is 0 Å². The van der Waals surface area contributed by atoms with Crippen LogP contribution < -0.4 is 21.7 Å². The van der Waals surface area contributed by atoms with Crippen molar-refractivity contribution in [1.29, 1.82) is 0 Å². The van der Waals surface area contributed by atoms with Gasteiger partial charge in [-0.25, -0.2) is 0 Å². The first kappa shape index (κ1) is 23.9. The van der Waals surface area contributed by atoms with Crippen LogP contribution in [0.4, 0.5) is 0 Å². The third-order valence-electron chi connectivity index (χ3n) is 4.92. The van der Waals surface area contributed by atoms with E-state index in [9.17, 15) is 19.2 Å². The molecule has 0 radical (unpaired) electrons. The standard InChI is InChI=1S/C21H29N5O5/c1-11(2)18(22)21(31)26-16(8-13-9-23-15-7-5-4-6-14(13)15)20(30)25-12(3)19(29)24-10-17(27)28/h4-7,9,11-12,16,18,23H,8,10,22H2,1-3H3,(H,24,29)(H,25,30)(H,26,31)(H,27,28). The number of aromatic nitrogens is 1. The molecule has 0 spiro atoms. The lowest BCUT2D eigenvalue weighted by atomic mass is 10.0. The molecule has 7 N–H and O–H groups in total. The number of carbonyl (C=O) groups excluding carboxylic acids is 3. The molecule has 0 fully saturated rings. The Morgan fingerprint density at radius 1 is 1.03 bits per heavy atom. The Balaban J connectivity index is 2.18. The minimum Gasteiger partial charge on any atom is -0.480 e. The number of H-pyrrole nitrogens is 1. The summed E-state index contributed by atoms with van der Waals surface area (Å²) in [6, 6.07) is 4.79. The molecule has 168 valence electrons. The second-order valence-electron chi connectivity index (χ2n) is 7.74. The predicted molar refractivity (Wildman–Crippen MR) is 115 cm³/mol. The van der Waals surface area contributed by atoms with E-state index in [0.29, 0.717) is 0 Å². The fourth-order valence-corrected chi connectivity index (χ4v) is 3.00. The zero-order valence-electron chi connectivity index (χ0n) is 17.8. The van der Waals surface area contributed by atoms with Gasteiger partial charge in [0.05, 0.1) is 6.04 Å². The largest absolute Gasteiger partial charge is 0.480 e. The Morgan fingerprint density at radius 2 is 1.71 bits per heavy atom. The number of para-hydroxylation sites is 1. The van der Waals surface area contributed by atoms with Crippen molar-refractivity contribution in [2.75, 3.05) is 6.54 Å². The van der Waals surface area contributed by atoms with Crippen LogP contribution in [0, 0.1) is 5.92 Å². The van der Waals surface area contributed by atoms with E-state index in [1.54, 1.807) is 20.0 Å². The molecule has 2 aromatic rings. The number of amides is 3. The number of hydrogen-bond donors (Lipinski definition) is 6. The normalized spacial score (nSPS) is 14.0. The van der Waals surface area contributed by atoms with Crippen molar-refractivity contribution in [1.82, 2.24) is 20.9 Å². The maximum atomic E-state index is 12.9. The molecular weight excluding hydrogens is 402 g/mol. The van der Waals surface area contributed by atoms with E-state index in [0.717, 1.165) is 16.5 Å². The molecule has 0 saturated heterocycles. The molecule has 1 aromatic carbocycles. The summed E-state index contributed by atoms with van der Waals surface area (Å²) in [5, 5.41) is 17.0. The van der Waals surface area contributed by atoms with Crippen LogP contribution in [-0.2, 0) is 25.6 Å². The topological polar surface area (TPSA) is 166 Å². The average Bonchev–Trinajstić information content (AvgIpc) is 3.13. The highest BCUT2D eigenvalue weighted by atomic mass is 16.4. The second kappa shape index (κ2) is 10.6. The predicted octanol–water partition coefficient (Wildman–Crippen LogP) is -0.116. The Hall–Kier alpha value is -3.40. The van der Waals surface area contributed by atoms with Gasteiger partial charge in [0.15, 0.2) is 0 Å². The molecule has 1 heterocycles. The van der Waals surface area contributed by atoms with Gasteiger partial charge < -0.3 is 31.8 Å². The fourth-order valence-electron chi connectivity index (χ4n) is 3.00. The molecular formula is C21H29N5O5. The van der Waals surface area contributed by atoms with Crippen LogP contribution in [0.1, 0.15) is 26.3 Å². The van der Waals surface area contributed by atoms with Crippen molar-refractivity contribution in [2.45, 2.75) is 45.3 Å². The van der Waals surface area contributed by atoms with Gasteiger partial charge in [0, 0.05) is 23.5 Å². The van der Waals surface area contributed by atoms with E-state index in [1.807, 2.05) is 24.3 Å². The van der Waals surface area contributed by atoms with E-state index >= 15 is 0 Å². The van der Waals surface area contributed by atoms with E-state index in [4.69, 9.17) is 10.8 Å². The molecule has 0 aliphatic carbocycles. The summed E-state index contributed by atoms with van der Waals surface area (Å²) in [6.45, 7) is 4.47. The Bertz CT molecular complexity index is 955. The van der Waals surface area contributed by atoms with Crippen LogP contribution in [0.5, 0.6) is 0 Å². The summed E-state index contributed by atoms with van der Waals surface area (Å²) in [4.78, 5) is 51.2. The summed E-state index contributed by atoms with van der Waals surface area (Å²) in [6.07, 6.45) is 1.94. The van der Waals surface area contributed by atoms with Crippen molar-refractivity contribution in [3.63, 3.8) is 0 Å². The summed E-state index contributed by atoms with van der Waals surface area (Å²) < 4.78 is 0. The molecule has 3 amide bonds. The lowest BCUT2D eigenvalue weighted by molar-refractivity contribution is -0.138. The number of fused-ring (bicyclic) bond motifs is 1. The van der Waals surface area contributed by atoms with Crippen molar-refractivity contribution in [3.8, 4) is 0 Å². The Kier molecular flexibility index (Phi) is 8.14. The van der Waals surface area contributed by atoms with Gasteiger partial charge in [0.2, 0.25) is 17.7 Å². The van der Waals surface area contributed by atoms with Crippen molar-refractivity contribution >= 4 is 34.6 Å². The third kappa shape index (κ3) is 6.54. The SMILES string of the molecule is CC(NC(=O)C(Cc1c[nH]c2ccccc12)NC(=O)C(N)C(C)C)C(=O)NCC(=O)O. The number of carbonyl (C=O) groups is 4. The summed E-state index contributed by atoms with van der Waals surface area (Å²) in [5.41, 5.74) is 7.63. The van der Waals surface area contributed by atoms with Gasteiger partial charge in [-0.15, -0.1) is 0 Å². The van der Waals surface area contributed by atoms with Gasteiger partial charge in [0.1, 0.15) is 18.6 Å². The lowest BCUT2D eigenvalue weighted by Crippen LogP contribution is -2.56. The van der Waals surface area contributed by atoms with E-state index in [-0.39, 0.29) is 12.3 Å². The zero-order chi connectivity index (χ0) is 23.1. The van der Waals surface area contributed by atoms with E-state index in [2.05, 4.69) is 20.9 Å². The number of rotatable bonds is 10. The van der Waals surface area contributed by atoms with Crippen molar-refractivity contribution < 1.29 is 24.3 Å². The average molecular weight is 431 g/mol. The molecule has 2 rings (SSSR count). The smallest absolute Gasteiger partial charge is 0.322 e. The Labute approximate surface area is 179 Å². The molecule has 3 atom stereocenters. The molecule has 0 aliphatic rings. The van der Waals surface area contributed by atoms with Gasteiger partial charge in [-0.3, -0.25) is 19.2 Å². The molecule has 0 aliphatic heterocycles. The maximum Gasteiger partial charge on any atom is 0.322 e. The minimum absolute atomic E-state index is 0.127. The van der Waals surface area contributed by atoms with Crippen LogP contribution >= 0.6 is 0 Å². The number of nitrogens with two attached hydrogens (primary N) is 1. The summed E-state index contributed by atoms with van der Waals surface area (Å²) >= 11 is 0. The van der Waals surface area contributed by atoms with E-state index < -0.39 is 48.4 Å². The van der Waals surface area contributed by atoms with E-state index in [1.165, 1.54) is 6.92 Å². The first-order chi connectivity index (χ1) is 14.6. The minimum atomic E-state index is -1.20. The van der Waals surface area contributed by atoms with Crippen molar-refractivity contribution in [3.05, 3.63) is 36.0 Å². The molecule has 0 saturated carbocycles. The molecule has 10 heteroatoms. The van der Waals surface area contributed by atoms with Crippen molar-refractivity contribution in [2.24, 2.45) is 11.7 Å².